The number of para-hydroxylation sites is 1. The summed E-state index contributed by atoms with van der Waals surface area (Å²) in [4.78, 5) is 42.7. The van der Waals surface area contributed by atoms with Crippen molar-refractivity contribution in [3.05, 3.63) is 71.1 Å². The molecule has 8 heteroatoms. The van der Waals surface area contributed by atoms with E-state index < -0.39 is 11.3 Å². The molecule has 0 saturated carbocycles. The Morgan fingerprint density at radius 1 is 1.15 bits per heavy atom. The lowest BCUT2D eigenvalue weighted by Crippen LogP contribution is -2.56. The van der Waals surface area contributed by atoms with E-state index in [1.165, 1.54) is 21.2 Å². The summed E-state index contributed by atoms with van der Waals surface area (Å²) < 4.78 is 6.93. The number of thioether (sulfide) groups is 1. The van der Waals surface area contributed by atoms with Crippen molar-refractivity contribution < 1.29 is 23.7 Å². The highest BCUT2D eigenvalue weighted by Gasteiger charge is 2.49. The molecule has 3 aliphatic heterocycles. The number of imide groups is 1. The number of benzene rings is 2. The molecular formula is C25H24N3O4S+. The molecule has 7 nitrogen and oxygen atoms in total. The molecule has 3 heterocycles. The highest BCUT2D eigenvalue weighted by molar-refractivity contribution is 8.04. The molecule has 0 radical (unpaired) electrons. The lowest BCUT2D eigenvalue weighted by molar-refractivity contribution is -0.426. The lowest BCUT2D eigenvalue weighted by Gasteiger charge is -2.25. The van der Waals surface area contributed by atoms with Crippen molar-refractivity contribution in [2.24, 2.45) is 0 Å². The predicted octanol–water partition coefficient (Wildman–Crippen LogP) is 3.22. The van der Waals surface area contributed by atoms with Crippen LogP contribution in [-0.4, -0.2) is 58.0 Å². The average molecular weight is 463 g/mol. The number of ether oxygens (including phenoxy) is 1. The fraction of sp³-hybridized carbons (Fsp3) is 0.280. The molecule has 0 N–H and O–H groups in total. The Morgan fingerprint density at radius 3 is 2.73 bits per heavy atom. The molecule has 0 aliphatic carbocycles. The number of carbonyl (C=O) groups excluding carboxylic acids is 3. The fourth-order valence-electron chi connectivity index (χ4n) is 4.42. The van der Waals surface area contributed by atoms with Gasteiger partial charge in [-0.05, 0) is 54.2 Å². The van der Waals surface area contributed by atoms with E-state index in [2.05, 4.69) is 0 Å². The molecule has 1 atom stereocenters. The maximum atomic E-state index is 13.4. The van der Waals surface area contributed by atoms with Crippen molar-refractivity contribution in [1.29, 1.82) is 0 Å². The third-order valence-electron chi connectivity index (χ3n) is 6.04. The first kappa shape index (κ1) is 21.5. The van der Waals surface area contributed by atoms with E-state index in [0.717, 1.165) is 29.0 Å². The first-order chi connectivity index (χ1) is 16.1. The second kappa shape index (κ2) is 8.86. The van der Waals surface area contributed by atoms with Crippen LogP contribution in [0.15, 0.2) is 60.0 Å². The van der Waals surface area contributed by atoms with E-state index in [1.54, 1.807) is 11.0 Å². The molecule has 0 bridgehead atoms. The zero-order chi connectivity index (χ0) is 22.9. The molecule has 2 aromatic carbocycles. The standard InChI is InChI=1S/C25H24N3O4S/c1-2-32-19-9-7-17(8-10-19)15-28-24(30)23-21(12-14-33-23)27(25(28)31)16-22(29)26-13-11-18-5-3-4-6-20(18)26/h3-10,12,14,23H,2,11,13,15-16H2,1H3/q+1. The van der Waals surface area contributed by atoms with Gasteiger partial charge in [-0.3, -0.25) is 4.79 Å². The molecule has 0 spiro atoms. The van der Waals surface area contributed by atoms with Crippen molar-refractivity contribution in [2.45, 2.75) is 25.1 Å². The Kier molecular flexibility index (Phi) is 5.76. The minimum atomic E-state index is -0.510. The van der Waals surface area contributed by atoms with Gasteiger partial charge in [-0.2, -0.15) is 14.3 Å². The maximum Gasteiger partial charge on any atom is 0.501 e. The van der Waals surface area contributed by atoms with E-state index in [4.69, 9.17) is 4.74 Å². The zero-order valence-corrected chi connectivity index (χ0v) is 19.1. The topological polar surface area (TPSA) is 69.9 Å². The number of carbonyl (C=O) groups is 3. The SMILES string of the molecule is CCOc1ccc(CN2C(=O)C3SC=CC3=[N+](CC(=O)N3CCc4ccccc43)C2=O)cc1. The van der Waals surface area contributed by atoms with Gasteiger partial charge in [0.05, 0.1) is 6.61 Å². The number of fused-ring (bicyclic) bond motifs is 2. The summed E-state index contributed by atoms with van der Waals surface area (Å²) in [6.07, 6.45) is 2.57. The highest BCUT2D eigenvalue weighted by atomic mass is 32.2. The van der Waals surface area contributed by atoms with Crippen LogP contribution in [0.5, 0.6) is 5.75 Å². The van der Waals surface area contributed by atoms with Crippen molar-refractivity contribution in [2.75, 3.05) is 24.6 Å². The number of nitrogens with zero attached hydrogens (tertiary/aromatic N) is 3. The molecule has 33 heavy (non-hydrogen) atoms. The number of amides is 4. The van der Waals surface area contributed by atoms with Crippen molar-refractivity contribution >= 4 is 41.0 Å². The third-order valence-corrected chi connectivity index (χ3v) is 7.05. The Bertz CT molecular complexity index is 1190. The molecule has 0 aromatic heterocycles. The van der Waals surface area contributed by atoms with Gasteiger partial charge in [0.2, 0.25) is 0 Å². The molecule has 2 aromatic rings. The van der Waals surface area contributed by atoms with Crippen LogP contribution in [0.4, 0.5) is 10.5 Å². The van der Waals surface area contributed by atoms with Crippen LogP contribution in [0.2, 0.25) is 0 Å². The predicted molar refractivity (Wildman–Crippen MR) is 127 cm³/mol. The Labute approximate surface area is 196 Å². The second-order valence-corrected chi connectivity index (χ2v) is 9.05. The first-order valence-electron chi connectivity index (χ1n) is 11.0. The van der Waals surface area contributed by atoms with Gasteiger partial charge < -0.3 is 9.64 Å². The first-order valence-corrected chi connectivity index (χ1v) is 11.9. The van der Waals surface area contributed by atoms with Crippen molar-refractivity contribution in [3.63, 3.8) is 0 Å². The van der Waals surface area contributed by atoms with Crippen LogP contribution < -0.4 is 9.64 Å². The Hall–Kier alpha value is -3.39. The molecule has 0 saturated heterocycles. The number of rotatable bonds is 6. The van der Waals surface area contributed by atoms with E-state index in [9.17, 15) is 14.4 Å². The molecule has 168 valence electrons. The molecule has 4 amide bonds. The van der Waals surface area contributed by atoms with Gasteiger partial charge in [0, 0.05) is 12.2 Å². The quantitative estimate of drug-likeness (QED) is 0.617. The largest absolute Gasteiger partial charge is 0.501 e. The summed E-state index contributed by atoms with van der Waals surface area (Å²) in [6.45, 7) is 3.12. The van der Waals surface area contributed by atoms with Gasteiger partial charge in [0.15, 0.2) is 11.8 Å². The van der Waals surface area contributed by atoms with Gasteiger partial charge in [0.1, 0.15) is 18.0 Å². The zero-order valence-electron chi connectivity index (χ0n) is 18.3. The Balaban J connectivity index is 1.39. The average Bonchev–Trinajstić information content (AvgIpc) is 3.48. The summed E-state index contributed by atoms with van der Waals surface area (Å²) in [5.41, 5.74) is 3.43. The van der Waals surface area contributed by atoms with Crippen LogP contribution in [0, 0.1) is 0 Å². The van der Waals surface area contributed by atoms with Crippen LogP contribution in [0.1, 0.15) is 18.1 Å². The van der Waals surface area contributed by atoms with Crippen LogP contribution in [0.3, 0.4) is 0 Å². The molecule has 0 fully saturated rings. The minimum absolute atomic E-state index is 0.100. The molecule has 3 aliphatic rings. The summed E-state index contributed by atoms with van der Waals surface area (Å²) in [5, 5.41) is 1.30. The van der Waals surface area contributed by atoms with Gasteiger partial charge in [0.25, 0.3) is 5.91 Å². The summed E-state index contributed by atoms with van der Waals surface area (Å²) in [6, 6.07) is 14.7. The number of allylic oxidation sites excluding steroid dienone is 1. The summed E-state index contributed by atoms with van der Waals surface area (Å²) in [5.74, 6) is 0.330. The fourth-order valence-corrected chi connectivity index (χ4v) is 5.38. The van der Waals surface area contributed by atoms with Crippen LogP contribution in [-0.2, 0) is 22.6 Å². The Morgan fingerprint density at radius 2 is 1.94 bits per heavy atom. The number of hydrogen-bond acceptors (Lipinski definition) is 5. The number of hydrogen-bond donors (Lipinski definition) is 0. The highest BCUT2D eigenvalue weighted by Crippen LogP contribution is 2.30. The maximum absolute atomic E-state index is 13.4. The van der Waals surface area contributed by atoms with Crippen molar-refractivity contribution in [1.82, 2.24) is 4.90 Å². The molecular weight excluding hydrogens is 438 g/mol. The molecule has 1 unspecified atom stereocenters. The smallest absolute Gasteiger partial charge is 0.494 e. The van der Waals surface area contributed by atoms with Gasteiger partial charge in [-0.15, -0.1) is 11.8 Å². The number of anilines is 1. The van der Waals surface area contributed by atoms with Gasteiger partial charge >= 0.3 is 11.9 Å². The van der Waals surface area contributed by atoms with E-state index >= 15 is 0 Å². The van der Waals surface area contributed by atoms with Gasteiger partial charge in [-0.25, -0.2) is 4.79 Å². The lowest BCUT2D eigenvalue weighted by atomic mass is 10.1. The van der Waals surface area contributed by atoms with Crippen molar-refractivity contribution in [3.8, 4) is 5.75 Å². The van der Waals surface area contributed by atoms with Crippen LogP contribution >= 0.6 is 11.8 Å². The minimum Gasteiger partial charge on any atom is -0.494 e. The molecule has 5 rings (SSSR count). The van der Waals surface area contributed by atoms with Gasteiger partial charge in [-0.1, -0.05) is 30.3 Å². The van der Waals surface area contributed by atoms with E-state index in [0.29, 0.717) is 18.9 Å². The van der Waals surface area contributed by atoms with E-state index in [1.807, 2.05) is 60.9 Å². The van der Waals surface area contributed by atoms with Crippen LogP contribution in [0.25, 0.3) is 0 Å². The monoisotopic (exact) mass is 462 g/mol. The number of urea groups is 1. The third kappa shape index (κ3) is 3.95. The normalized spacial score (nSPS) is 19.2. The summed E-state index contributed by atoms with van der Waals surface area (Å²) in [7, 11) is 0. The second-order valence-electron chi connectivity index (χ2n) is 8.04. The van der Waals surface area contributed by atoms with E-state index in [-0.39, 0.29) is 24.9 Å². The summed E-state index contributed by atoms with van der Waals surface area (Å²) >= 11 is 1.36.